The average Bonchev–Trinajstić information content (AvgIpc) is 2.31. The predicted octanol–water partition coefficient (Wildman–Crippen LogP) is 2.00. The molecular weight excluding hydrogens is 251 g/mol. The fraction of sp³-hybridized carbons (Fsp3) is 0.364. The van der Waals surface area contributed by atoms with E-state index in [0.717, 1.165) is 13.2 Å². The number of hydrogen-bond acceptors (Lipinski definition) is 4. The summed E-state index contributed by atoms with van der Waals surface area (Å²) >= 11 is 5.77. The number of rotatable bonds is 3. The second-order valence-corrected chi connectivity index (χ2v) is 3.75. The molecule has 0 bridgehead atoms. The summed E-state index contributed by atoms with van der Waals surface area (Å²) in [5.74, 6) is -1.48. The predicted molar refractivity (Wildman–Crippen MR) is 59.7 cm³/mol. The summed E-state index contributed by atoms with van der Waals surface area (Å²) in [6, 6.07) is 1.06. The second kappa shape index (κ2) is 5.33. The lowest BCUT2D eigenvalue weighted by Gasteiger charge is -2.17. The molecule has 0 amide bonds. The highest BCUT2D eigenvalue weighted by Crippen LogP contribution is 2.37. The van der Waals surface area contributed by atoms with E-state index in [9.17, 15) is 14.3 Å². The standard InChI is InChI=1S/C11H12ClFO4/c1-5-7(13)4-6(12)10(16-2)8(5)9(14)11(15)17-3/h4,9,14H,1-3H3. The maximum atomic E-state index is 13.5. The quantitative estimate of drug-likeness (QED) is 0.847. The number of halogens is 2. The SMILES string of the molecule is COC(=O)C(O)c1c(C)c(F)cc(Cl)c1OC. The van der Waals surface area contributed by atoms with Crippen molar-refractivity contribution >= 4 is 17.6 Å². The molecule has 94 valence electrons. The maximum absolute atomic E-state index is 13.5. The third-order valence-corrected chi connectivity index (χ3v) is 2.66. The smallest absolute Gasteiger partial charge is 0.339 e. The zero-order chi connectivity index (χ0) is 13.2. The van der Waals surface area contributed by atoms with Crippen LogP contribution >= 0.6 is 11.6 Å². The molecule has 0 saturated carbocycles. The monoisotopic (exact) mass is 262 g/mol. The molecule has 17 heavy (non-hydrogen) atoms. The molecule has 0 aromatic heterocycles. The number of carbonyl (C=O) groups is 1. The highest BCUT2D eigenvalue weighted by atomic mass is 35.5. The fourth-order valence-corrected chi connectivity index (χ4v) is 1.75. The van der Waals surface area contributed by atoms with Crippen molar-refractivity contribution in [3.63, 3.8) is 0 Å². The summed E-state index contributed by atoms with van der Waals surface area (Å²) in [5, 5.41) is 9.73. The van der Waals surface area contributed by atoms with E-state index < -0.39 is 17.9 Å². The van der Waals surface area contributed by atoms with Crippen molar-refractivity contribution in [2.75, 3.05) is 14.2 Å². The van der Waals surface area contributed by atoms with E-state index in [2.05, 4.69) is 4.74 Å². The molecule has 1 atom stereocenters. The second-order valence-electron chi connectivity index (χ2n) is 3.34. The van der Waals surface area contributed by atoms with Gasteiger partial charge in [0.05, 0.1) is 19.2 Å². The number of aliphatic hydroxyl groups is 1. The van der Waals surface area contributed by atoms with E-state index in [1.165, 1.54) is 14.0 Å². The largest absolute Gasteiger partial charge is 0.495 e. The molecule has 0 spiro atoms. The lowest BCUT2D eigenvalue weighted by Crippen LogP contribution is -2.16. The van der Waals surface area contributed by atoms with Gasteiger partial charge in [0.1, 0.15) is 11.6 Å². The zero-order valence-corrected chi connectivity index (χ0v) is 10.3. The maximum Gasteiger partial charge on any atom is 0.339 e. The molecule has 6 heteroatoms. The van der Waals surface area contributed by atoms with Crippen LogP contribution in [0.4, 0.5) is 4.39 Å². The first-order valence-corrected chi connectivity index (χ1v) is 5.10. The Bertz CT molecular complexity index is 448. The molecule has 1 rings (SSSR count). The van der Waals surface area contributed by atoms with Crippen molar-refractivity contribution in [2.45, 2.75) is 13.0 Å². The summed E-state index contributed by atoms with van der Waals surface area (Å²) < 4.78 is 22.8. The Morgan fingerprint density at radius 2 is 2.12 bits per heavy atom. The number of esters is 1. The van der Waals surface area contributed by atoms with Gasteiger partial charge in [0.2, 0.25) is 0 Å². The van der Waals surface area contributed by atoms with Gasteiger partial charge in [0, 0.05) is 5.56 Å². The van der Waals surface area contributed by atoms with E-state index in [0.29, 0.717) is 0 Å². The first kappa shape index (κ1) is 13.7. The number of benzene rings is 1. The Morgan fingerprint density at radius 3 is 2.59 bits per heavy atom. The van der Waals surface area contributed by atoms with Gasteiger partial charge in [-0.15, -0.1) is 0 Å². The normalized spacial score (nSPS) is 12.1. The number of hydrogen-bond donors (Lipinski definition) is 1. The first-order chi connectivity index (χ1) is 7.93. The Labute approximate surface area is 103 Å². The molecule has 0 fully saturated rings. The highest BCUT2D eigenvalue weighted by Gasteiger charge is 2.27. The van der Waals surface area contributed by atoms with Gasteiger partial charge in [-0.3, -0.25) is 0 Å². The fourth-order valence-electron chi connectivity index (χ4n) is 1.48. The molecule has 1 aromatic carbocycles. The highest BCUT2D eigenvalue weighted by molar-refractivity contribution is 6.32. The van der Waals surface area contributed by atoms with E-state index in [1.807, 2.05) is 0 Å². The minimum Gasteiger partial charge on any atom is -0.495 e. The van der Waals surface area contributed by atoms with Crippen LogP contribution < -0.4 is 4.74 Å². The van der Waals surface area contributed by atoms with Crippen LogP contribution in [-0.2, 0) is 9.53 Å². The molecule has 1 aromatic rings. The number of methoxy groups -OCH3 is 2. The van der Waals surface area contributed by atoms with Gasteiger partial charge in [-0.2, -0.15) is 0 Å². The molecule has 0 saturated heterocycles. The van der Waals surface area contributed by atoms with Gasteiger partial charge in [-0.05, 0) is 18.6 Å². The van der Waals surface area contributed by atoms with E-state index >= 15 is 0 Å². The lowest BCUT2D eigenvalue weighted by atomic mass is 10.0. The average molecular weight is 263 g/mol. The summed E-state index contributed by atoms with van der Waals surface area (Å²) in [6.07, 6.45) is -1.64. The Hall–Kier alpha value is -1.33. The van der Waals surface area contributed by atoms with Crippen LogP contribution in [0.2, 0.25) is 5.02 Å². The molecule has 1 unspecified atom stereocenters. The third-order valence-electron chi connectivity index (χ3n) is 2.38. The molecule has 0 aliphatic carbocycles. The number of aliphatic hydroxyl groups excluding tert-OH is 1. The minimum absolute atomic E-state index is 0.0199. The summed E-state index contributed by atoms with van der Waals surface area (Å²) in [4.78, 5) is 11.3. The van der Waals surface area contributed by atoms with Crippen molar-refractivity contribution in [2.24, 2.45) is 0 Å². The zero-order valence-electron chi connectivity index (χ0n) is 9.58. The molecule has 4 nitrogen and oxygen atoms in total. The Balaban J connectivity index is 3.44. The van der Waals surface area contributed by atoms with Crippen LogP contribution in [0.1, 0.15) is 17.2 Å². The van der Waals surface area contributed by atoms with E-state index in [4.69, 9.17) is 16.3 Å². The molecule has 0 radical (unpaired) electrons. The molecule has 0 aliphatic rings. The first-order valence-electron chi connectivity index (χ1n) is 4.72. The topological polar surface area (TPSA) is 55.8 Å². The van der Waals surface area contributed by atoms with Crippen LogP contribution in [0.25, 0.3) is 0 Å². The van der Waals surface area contributed by atoms with Crippen molar-refractivity contribution in [3.05, 3.63) is 28.0 Å². The van der Waals surface area contributed by atoms with Crippen LogP contribution in [0.5, 0.6) is 5.75 Å². The molecular formula is C11H12ClFO4. The van der Waals surface area contributed by atoms with Gasteiger partial charge >= 0.3 is 5.97 Å². The van der Waals surface area contributed by atoms with E-state index in [-0.39, 0.29) is 21.9 Å². The van der Waals surface area contributed by atoms with Crippen LogP contribution in [0.15, 0.2) is 6.07 Å². The Kier molecular flexibility index (Phi) is 4.31. The summed E-state index contributed by atoms with van der Waals surface area (Å²) in [5.41, 5.74) is 0.0634. The van der Waals surface area contributed by atoms with Gasteiger partial charge in [0.15, 0.2) is 6.10 Å². The van der Waals surface area contributed by atoms with Crippen molar-refractivity contribution in [1.82, 2.24) is 0 Å². The third kappa shape index (κ3) is 2.50. The van der Waals surface area contributed by atoms with Crippen LogP contribution in [0, 0.1) is 12.7 Å². The molecule has 1 N–H and O–H groups in total. The summed E-state index contributed by atoms with van der Waals surface area (Å²) in [6.45, 7) is 1.41. The minimum atomic E-state index is -1.64. The number of ether oxygens (including phenoxy) is 2. The summed E-state index contributed by atoms with van der Waals surface area (Å²) in [7, 11) is 2.43. The van der Waals surface area contributed by atoms with Crippen molar-refractivity contribution < 1.29 is 23.8 Å². The Morgan fingerprint density at radius 1 is 1.53 bits per heavy atom. The van der Waals surface area contributed by atoms with E-state index in [1.54, 1.807) is 0 Å². The van der Waals surface area contributed by atoms with Gasteiger partial charge < -0.3 is 14.6 Å². The van der Waals surface area contributed by atoms with Crippen molar-refractivity contribution in [1.29, 1.82) is 0 Å². The number of carbonyl (C=O) groups excluding carboxylic acids is 1. The lowest BCUT2D eigenvalue weighted by molar-refractivity contribution is -0.150. The van der Waals surface area contributed by atoms with Crippen LogP contribution in [-0.4, -0.2) is 25.3 Å². The van der Waals surface area contributed by atoms with Crippen molar-refractivity contribution in [3.8, 4) is 5.75 Å². The molecule has 0 heterocycles. The molecule has 0 aliphatic heterocycles. The van der Waals surface area contributed by atoms with Crippen LogP contribution in [0.3, 0.4) is 0 Å². The van der Waals surface area contributed by atoms with Gasteiger partial charge in [-0.1, -0.05) is 11.6 Å². The van der Waals surface area contributed by atoms with Gasteiger partial charge in [-0.25, -0.2) is 9.18 Å². The van der Waals surface area contributed by atoms with Gasteiger partial charge in [0.25, 0.3) is 0 Å².